The van der Waals surface area contributed by atoms with Crippen LogP contribution in [0.3, 0.4) is 0 Å². The van der Waals surface area contributed by atoms with E-state index < -0.39 is 0 Å². The third kappa shape index (κ3) is 4.86. The molecule has 0 saturated carbocycles. The second-order valence-corrected chi connectivity index (χ2v) is 5.58. The number of nitrogens with one attached hydrogen (secondary N) is 2. The minimum absolute atomic E-state index is 0.118. The van der Waals surface area contributed by atoms with Crippen LogP contribution in [0.1, 0.15) is 29.3 Å². The summed E-state index contributed by atoms with van der Waals surface area (Å²) in [5.74, 6) is 0.675. The number of carbonyl (C=O) groups excluding carboxylic acids is 1. The molecule has 2 N–H and O–H groups in total. The molecule has 0 aliphatic rings. The molecule has 21 heavy (non-hydrogen) atoms. The molecule has 0 fully saturated rings. The number of carbonyl (C=O) groups is 1. The summed E-state index contributed by atoms with van der Waals surface area (Å²) < 4.78 is 1.02. The van der Waals surface area contributed by atoms with Gasteiger partial charge in [-0.05, 0) is 36.2 Å². The highest BCUT2D eigenvalue weighted by atomic mass is 79.9. The van der Waals surface area contributed by atoms with Crippen LogP contribution >= 0.6 is 15.9 Å². The van der Waals surface area contributed by atoms with Gasteiger partial charge in [0.05, 0.1) is 5.56 Å². The fourth-order valence-electron chi connectivity index (χ4n) is 1.77. The molecule has 1 amide bonds. The first-order chi connectivity index (χ1) is 10.2. The summed E-state index contributed by atoms with van der Waals surface area (Å²) in [6.07, 6.45) is 2.63. The fraction of sp³-hybridized carbons (Fsp3) is 0.250. The van der Waals surface area contributed by atoms with Gasteiger partial charge in [-0.3, -0.25) is 4.79 Å². The lowest BCUT2D eigenvalue weighted by molar-refractivity contribution is 0.0950. The van der Waals surface area contributed by atoms with Crippen molar-refractivity contribution in [3.8, 4) is 0 Å². The van der Waals surface area contributed by atoms with Crippen molar-refractivity contribution in [1.29, 1.82) is 0 Å². The maximum absolute atomic E-state index is 12.0. The molecule has 1 aromatic heterocycles. The van der Waals surface area contributed by atoms with E-state index in [1.165, 1.54) is 0 Å². The Labute approximate surface area is 133 Å². The van der Waals surface area contributed by atoms with Gasteiger partial charge in [-0.25, -0.2) is 4.98 Å². The van der Waals surface area contributed by atoms with Gasteiger partial charge in [0.15, 0.2) is 0 Å². The van der Waals surface area contributed by atoms with Gasteiger partial charge in [-0.1, -0.05) is 35.0 Å². The summed E-state index contributed by atoms with van der Waals surface area (Å²) in [6.45, 7) is 3.47. The van der Waals surface area contributed by atoms with Gasteiger partial charge in [0.1, 0.15) is 5.82 Å². The van der Waals surface area contributed by atoms with Crippen molar-refractivity contribution in [3.05, 3.63) is 58.2 Å². The number of nitrogens with zero attached hydrogens (tertiary/aromatic N) is 1. The Morgan fingerprint density at radius 2 is 1.95 bits per heavy atom. The summed E-state index contributed by atoms with van der Waals surface area (Å²) in [7, 11) is 0. The molecule has 0 aliphatic heterocycles. The largest absolute Gasteiger partial charge is 0.370 e. The average molecular weight is 348 g/mol. The molecule has 1 heterocycles. The van der Waals surface area contributed by atoms with Crippen LogP contribution in [0.4, 0.5) is 5.82 Å². The summed E-state index contributed by atoms with van der Waals surface area (Å²) in [6, 6.07) is 11.5. The smallest absolute Gasteiger partial charge is 0.253 e. The number of hydrogen-bond acceptors (Lipinski definition) is 3. The molecule has 0 unspecified atom stereocenters. The lowest BCUT2D eigenvalue weighted by Gasteiger charge is -2.07. The van der Waals surface area contributed by atoms with Gasteiger partial charge < -0.3 is 10.6 Å². The van der Waals surface area contributed by atoms with Crippen LogP contribution in [0.5, 0.6) is 0 Å². The summed E-state index contributed by atoms with van der Waals surface area (Å²) in [5.41, 5.74) is 1.62. The maximum atomic E-state index is 12.0. The average Bonchev–Trinajstić information content (AvgIpc) is 2.52. The van der Waals surface area contributed by atoms with Crippen LogP contribution in [0.25, 0.3) is 0 Å². The van der Waals surface area contributed by atoms with Gasteiger partial charge in [0, 0.05) is 23.8 Å². The van der Waals surface area contributed by atoms with Crippen molar-refractivity contribution in [2.24, 2.45) is 0 Å². The molecule has 0 atom stereocenters. The zero-order chi connectivity index (χ0) is 15.1. The van der Waals surface area contributed by atoms with E-state index in [0.29, 0.717) is 12.1 Å². The Kier molecular flexibility index (Phi) is 5.75. The number of benzene rings is 1. The summed E-state index contributed by atoms with van der Waals surface area (Å²) >= 11 is 3.39. The molecule has 0 aliphatic carbocycles. The van der Waals surface area contributed by atoms with E-state index in [4.69, 9.17) is 0 Å². The summed E-state index contributed by atoms with van der Waals surface area (Å²) in [5, 5.41) is 6.06. The van der Waals surface area contributed by atoms with Crippen LogP contribution < -0.4 is 10.6 Å². The number of anilines is 1. The molecule has 0 spiro atoms. The second-order valence-electron chi connectivity index (χ2n) is 4.67. The zero-order valence-electron chi connectivity index (χ0n) is 11.9. The van der Waals surface area contributed by atoms with E-state index in [1.807, 2.05) is 30.3 Å². The SMILES string of the molecule is CCCNc1ccc(C(=O)NCc2ccc(Br)cc2)cn1. The van der Waals surface area contributed by atoms with E-state index >= 15 is 0 Å². The molecule has 2 aromatic rings. The van der Waals surface area contributed by atoms with E-state index in [0.717, 1.165) is 28.8 Å². The molecule has 110 valence electrons. The monoisotopic (exact) mass is 347 g/mol. The molecule has 0 saturated heterocycles. The molecule has 5 heteroatoms. The highest BCUT2D eigenvalue weighted by Gasteiger charge is 2.05. The predicted molar refractivity (Wildman–Crippen MR) is 88.3 cm³/mol. The van der Waals surface area contributed by atoms with Gasteiger partial charge in [0.25, 0.3) is 5.91 Å². The number of pyridine rings is 1. The fourth-order valence-corrected chi connectivity index (χ4v) is 2.04. The van der Waals surface area contributed by atoms with Gasteiger partial charge in [0.2, 0.25) is 0 Å². The number of aromatic nitrogens is 1. The lowest BCUT2D eigenvalue weighted by atomic mass is 10.2. The van der Waals surface area contributed by atoms with Crippen LogP contribution in [0.2, 0.25) is 0 Å². The van der Waals surface area contributed by atoms with Crippen molar-refractivity contribution < 1.29 is 4.79 Å². The predicted octanol–water partition coefficient (Wildman–Crippen LogP) is 3.60. The Morgan fingerprint density at radius 3 is 2.57 bits per heavy atom. The Balaban J connectivity index is 1.89. The summed E-state index contributed by atoms with van der Waals surface area (Å²) in [4.78, 5) is 16.3. The van der Waals surface area contributed by atoms with Crippen molar-refractivity contribution >= 4 is 27.7 Å². The first-order valence-corrected chi connectivity index (χ1v) is 7.71. The number of halogens is 1. The first-order valence-electron chi connectivity index (χ1n) is 6.91. The van der Waals surface area contributed by atoms with Gasteiger partial charge >= 0.3 is 0 Å². The van der Waals surface area contributed by atoms with Crippen LogP contribution in [0.15, 0.2) is 47.1 Å². The quantitative estimate of drug-likeness (QED) is 0.839. The van der Waals surface area contributed by atoms with E-state index in [2.05, 4.69) is 38.5 Å². The van der Waals surface area contributed by atoms with E-state index in [-0.39, 0.29) is 5.91 Å². The molecular weight excluding hydrogens is 330 g/mol. The molecular formula is C16H18BrN3O. The standard InChI is InChI=1S/C16H18BrN3O/c1-2-9-18-15-8-5-13(11-19-15)16(21)20-10-12-3-6-14(17)7-4-12/h3-8,11H,2,9-10H2,1H3,(H,18,19)(H,20,21). The maximum Gasteiger partial charge on any atom is 0.253 e. The highest BCUT2D eigenvalue weighted by molar-refractivity contribution is 9.10. The molecule has 4 nitrogen and oxygen atoms in total. The highest BCUT2D eigenvalue weighted by Crippen LogP contribution is 2.10. The van der Waals surface area contributed by atoms with Crippen LogP contribution in [-0.4, -0.2) is 17.4 Å². The zero-order valence-corrected chi connectivity index (χ0v) is 13.5. The van der Waals surface area contributed by atoms with Crippen molar-refractivity contribution in [3.63, 3.8) is 0 Å². The molecule has 2 rings (SSSR count). The third-order valence-corrected chi connectivity index (χ3v) is 3.48. The normalized spacial score (nSPS) is 10.2. The molecule has 0 radical (unpaired) electrons. The van der Waals surface area contributed by atoms with E-state index in [1.54, 1.807) is 12.3 Å². The molecule has 1 aromatic carbocycles. The molecule has 0 bridgehead atoms. The van der Waals surface area contributed by atoms with Gasteiger partial charge in [-0.15, -0.1) is 0 Å². The van der Waals surface area contributed by atoms with Gasteiger partial charge in [-0.2, -0.15) is 0 Å². The number of rotatable bonds is 6. The van der Waals surface area contributed by atoms with Crippen LogP contribution in [0, 0.1) is 0 Å². The number of amides is 1. The van der Waals surface area contributed by atoms with Crippen LogP contribution in [-0.2, 0) is 6.54 Å². The van der Waals surface area contributed by atoms with Crippen molar-refractivity contribution in [1.82, 2.24) is 10.3 Å². The van der Waals surface area contributed by atoms with Crippen molar-refractivity contribution in [2.45, 2.75) is 19.9 Å². The Hall–Kier alpha value is -1.88. The second kappa shape index (κ2) is 7.78. The minimum Gasteiger partial charge on any atom is -0.370 e. The van der Waals surface area contributed by atoms with Crippen molar-refractivity contribution in [2.75, 3.05) is 11.9 Å². The number of hydrogen-bond donors (Lipinski definition) is 2. The third-order valence-electron chi connectivity index (χ3n) is 2.95. The Bertz CT molecular complexity index is 581. The minimum atomic E-state index is -0.118. The van der Waals surface area contributed by atoms with E-state index in [9.17, 15) is 4.79 Å². The lowest BCUT2D eigenvalue weighted by Crippen LogP contribution is -2.22. The Morgan fingerprint density at radius 1 is 1.19 bits per heavy atom. The first kappa shape index (κ1) is 15.5. The topological polar surface area (TPSA) is 54.0 Å².